The van der Waals surface area contributed by atoms with Gasteiger partial charge in [0.2, 0.25) is 0 Å². The molecule has 5 nitrogen and oxygen atoms in total. The molecule has 0 unspecified atom stereocenters. The van der Waals surface area contributed by atoms with Crippen LogP contribution in [-0.4, -0.2) is 42.0 Å². The Hall–Kier alpha value is -1.62. The molecule has 0 radical (unpaired) electrons. The Morgan fingerprint density at radius 3 is 2.79 bits per heavy atom. The molecule has 1 aromatic heterocycles. The molecule has 0 saturated carbocycles. The molecule has 1 amide bonds. The van der Waals surface area contributed by atoms with Crippen LogP contribution >= 0.6 is 0 Å². The topological polar surface area (TPSA) is 71.2 Å². The minimum atomic E-state index is -0.113. The number of nitrogen functional groups attached to an aromatic ring is 1. The first kappa shape index (κ1) is 13.8. The number of carbonyl (C=O) groups is 1. The summed E-state index contributed by atoms with van der Waals surface area (Å²) < 4.78 is 0. The number of nitrogens with zero attached hydrogens (tertiary/aromatic N) is 2. The smallest absolute Gasteiger partial charge is 0.269 e. The maximum atomic E-state index is 11.9. The van der Waals surface area contributed by atoms with Crippen molar-refractivity contribution in [1.82, 2.24) is 15.2 Å². The number of pyridine rings is 1. The monoisotopic (exact) mass is 262 g/mol. The summed E-state index contributed by atoms with van der Waals surface area (Å²) >= 11 is 0. The molecule has 0 spiro atoms. The quantitative estimate of drug-likeness (QED) is 0.853. The van der Waals surface area contributed by atoms with Crippen molar-refractivity contribution in [2.45, 2.75) is 19.8 Å². The summed E-state index contributed by atoms with van der Waals surface area (Å²) in [6.07, 6.45) is 3.82. The van der Waals surface area contributed by atoms with E-state index < -0.39 is 0 Å². The van der Waals surface area contributed by atoms with Gasteiger partial charge in [-0.25, -0.2) is 4.98 Å². The van der Waals surface area contributed by atoms with Crippen LogP contribution in [0.5, 0.6) is 0 Å². The standard InChI is InChI=1S/C14H22N4O/c1-2-18-7-5-11(6-8-18)9-17-14(19)13-4-3-12(15)10-16-13/h3-4,10-11H,2,5-9,15H2,1H3,(H,17,19). The lowest BCUT2D eigenvalue weighted by atomic mass is 9.97. The third kappa shape index (κ3) is 3.92. The molecule has 19 heavy (non-hydrogen) atoms. The number of likely N-dealkylation sites (tertiary alicyclic amines) is 1. The molecule has 2 heterocycles. The van der Waals surface area contributed by atoms with Crippen LogP contribution in [0.1, 0.15) is 30.3 Å². The maximum Gasteiger partial charge on any atom is 0.269 e. The Kier molecular flexibility index (Phi) is 4.74. The summed E-state index contributed by atoms with van der Waals surface area (Å²) in [5.74, 6) is 0.471. The van der Waals surface area contributed by atoms with Crippen molar-refractivity contribution in [3.8, 4) is 0 Å². The number of piperidine rings is 1. The van der Waals surface area contributed by atoms with Gasteiger partial charge in [0.05, 0.1) is 11.9 Å². The molecular formula is C14H22N4O. The van der Waals surface area contributed by atoms with Crippen LogP contribution in [0.4, 0.5) is 5.69 Å². The van der Waals surface area contributed by atoms with E-state index in [9.17, 15) is 4.79 Å². The number of hydrogen-bond acceptors (Lipinski definition) is 4. The Morgan fingerprint density at radius 2 is 2.21 bits per heavy atom. The molecule has 1 aromatic rings. The predicted molar refractivity (Wildman–Crippen MR) is 75.8 cm³/mol. The van der Waals surface area contributed by atoms with Gasteiger partial charge < -0.3 is 16.0 Å². The van der Waals surface area contributed by atoms with Gasteiger partial charge in [-0.05, 0) is 50.5 Å². The fraction of sp³-hybridized carbons (Fsp3) is 0.571. The van der Waals surface area contributed by atoms with E-state index in [-0.39, 0.29) is 5.91 Å². The zero-order valence-electron chi connectivity index (χ0n) is 11.4. The van der Waals surface area contributed by atoms with Gasteiger partial charge in [0.25, 0.3) is 5.91 Å². The van der Waals surface area contributed by atoms with E-state index >= 15 is 0 Å². The molecule has 3 N–H and O–H groups in total. The maximum absolute atomic E-state index is 11.9. The second kappa shape index (κ2) is 6.52. The van der Waals surface area contributed by atoms with E-state index in [2.05, 4.69) is 22.1 Å². The van der Waals surface area contributed by atoms with Crippen molar-refractivity contribution in [1.29, 1.82) is 0 Å². The van der Waals surface area contributed by atoms with E-state index in [0.717, 1.165) is 39.0 Å². The van der Waals surface area contributed by atoms with Gasteiger partial charge in [-0.2, -0.15) is 0 Å². The van der Waals surface area contributed by atoms with E-state index in [4.69, 9.17) is 5.73 Å². The third-order valence-corrected chi connectivity index (χ3v) is 3.72. The summed E-state index contributed by atoms with van der Waals surface area (Å²) in [5.41, 5.74) is 6.55. The third-order valence-electron chi connectivity index (χ3n) is 3.72. The van der Waals surface area contributed by atoms with Gasteiger partial charge in [-0.3, -0.25) is 4.79 Å². The fourth-order valence-electron chi connectivity index (χ4n) is 2.37. The van der Waals surface area contributed by atoms with E-state index in [0.29, 0.717) is 17.3 Å². The Morgan fingerprint density at radius 1 is 1.47 bits per heavy atom. The number of nitrogens with one attached hydrogen (secondary N) is 1. The minimum absolute atomic E-state index is 0.113. The second-order valence-corrected chi connectivity index (χ2v) is 5.06. The van der Waals surface area contributed by atoms with Crippen molar-refractivity contribution >= 4 is 11.6 Å². The van der Waals surface area contributed by atoms with E-state index in [1.807, 2.05) is 0 Å². The van der Waals surface area contributed by atoms with Crippen LogP contribution in [-0.2, 0) is 0 Å². The first-order chi connectivity index (χ1) is 9.19. The van der Waals surface area contributed by atoms with E-state index in [1.54, 1.807) is 12.1 Å². The van der Waals surface area contributed by atoms with Crippen molar-refractivity contribution in [2.24, 2.45) is 5.92 Å². The summed E-state index contributed by atoms with van der Waals surface area (Å²) in [6.45, 7) is 6.32. The molecule has 1 aliphatic rings. The molecule has 2 rings (SSSR count). The highest BCUT2D eigenvalue weighted by Crippen LogP contribution is 2.15. The largest absolute Gasteiger partial charge is 0.397 e. The Labute approximate surface area is 114 Å². The average Bonchev–Trinajstić information content (AvgIpc) is 2.46. The molecule has 1 saturated heterocycles. The van der Waals surface area contributed by atoms with Crippen molar-refractivity contribution < 1.29 is 4.79 Å². The van der Waals surface area contributed by atoms with Gasteiger partial charge in [0, 0.05) is 6.54 Å². The molecule has 0 bridgehead atoms. The van der Waals surface area contributed by atoms with Crippen LogP contribution in [0.25, 0.3) is 0 Å². The van der Waals surface area contributed by atoms with Gasteiger partial charge in [0.15, 0.2) is 0 Å². The normalized spacial score (nSPS) is 17.3. The van der Waals surface area contributed by atoms with Crippen LogP contribution in [0.2, 0.25) is 0 Å². The number of hydrogen-bond donors (Lipinski definition) is 2. The molecule has 0 aromatic carbocycles. The van der Waals surface area contributed by atoms with Gasteiger partial charge in [-0.1, -0.05) is 6.92 Å². The zero-order valence-corrected chi connectivity index (χ0v) is 11.4. The number of carbonyl (C=O) groups excluding carboxylic acids is 1. The molecule has 104 valence electrons. The second-order valence-electron chi connectivity index (χ2n) is 5.06. The van der Waals surface area contributed by atoms with Crippen LogP contribution in [0, 0.1) is 5.92 Å². The van der Waals surface area contributed by atoms with Gasteiger partial charge >= 0.3 is 0 Å². The van der Waals surface area contributed by atoms with Crippen molar-refractivity contribution in [3.63, 3.8) is 0 Å². The Balaban J connectivity index is 1.76. The van der Waals surface area contributed by atoms with Crippen molar-refractivity contribution in [2.75, 3.05) is 31.9 Å². The average molecular weight is 262 g/mol. The summed E-state index contributed by atoms with van der Waals surface area (Å²) in [7, 11) is 0. The summed E-state index contributed by atoms with van der Waals surface area (Å²) in [5, 5.41) is 2.96. The van der Waals surface area contributed by atoms with Crippen molar-refractivity contribution in [3.05, 3.63) is 24.0 Å². The number of nitrogens with two attached hydrogens (primary N) is 1. The number of rotatable bonds is 4. The molecular weight excluding hydrogens is 240 g/mol. The highest BCUT2D eigenvalue weighted by molar-refractivity contribution is 5.92. The number of anilines is 1. The van der Waals surface area contributed by atoms with Gasteiger partial charge in [0.1, 0.15) is 5.69 Å². The number of aromatic nitrogens is 1. The van der Waals surface area contributed by atoms with Crippen LogP contribution in [0.3, 0.4) is 0 Å². The molecule has 1 aliphatic heterocycles. The SMILES string of the molecule is CCN1CCC(CNC(=O)c2ccc(N)cn2)CC1. The lowest BCUT2D eigenvalue weighted by Crippen LogP contribution is -2.38. The number of amides is 1. The zero-order chi connectivity index (χ0) is 13.7. The summed E-state index contributed by atoms with van der Waals surface area (Å²) in [4.78, 5) is 18.4. The Bertz CT molecular complexity index is 410. The fourth-order valence-corrected chi connectivity index (χ4v) is 2.37. The molecule has 5 heteroatoms. The van der Waals surface area contributed by atoms with Crippen LogP contribution < -0.4 is 11.1 Å². The first-order valence-electron chi connectivity index (χ1n) is 6.91. The predicted octanol–water partition coefficient (Wildman–Crippen LogP) is 1.13. The highest BCUT2D eigenvalue weighted by atomic mass is 16.1. The molecule has 0 aliphatic carbocycles. The van der Waals surface area contributed by atoms with E-state index in [1.165, 1.54) is 6.20 Å². The molecule has 1 fully saturated rings. The lowest BCUT2D eigenvalue weighted by Gasteiger charge is -2.30. The lowest BCUT2D eigenvalue weighted by molar-refractivity contribution is 0.0932. The molecule has 0 atom stereocenters. The highest BCUT2D eigenvalue weighted by Gasteiger charge is 2.18. The van der Waals surface area contributed by atoms with Crippen LogP contribution in [0.15, 0.2) is 18.3 Å². The summed E-state index contributed by atoms with van der Waals surface area (Å²) in [6, 6.07) is 3.35. The minimum Gasteiger partial charge on any atom is -0.397 e. The van der Waals surface area contributed by atoms with Gasteiger partial charge in [-0.15, -0.1) is 0 Å². The first-order valence-corrected chi connectivity index (χ1v) is 6.91.